The van der Waals surface area contributed by atoms with Crippen molar-refractivity contribution >= 4 is 35.3 Å². The number of unbranched alkanes of at least 4 members (excludes halogenated alkanes) is 1. The molecule has 13 heteroatoms. The number of imidazole rings is 1. The number of anilines is 1. The molecule has 1 fully saturated rings. The molecule has 1 aliphatic rings. The quantitative estimate of drug-likeness (QED) is 0.117. The van der Waals surface area contributed by atoms with Crippen LogP contribution in [0.5, 0.6) is 0 Å². The second-order valence-electron chi connectivity index (χ2n) is 6.41. The molecule has 1 saturated heterocycles. The lowest BCUT2D eigenvalue weighted by atomic mass is 10.1. The number of rotatable bonds is 8. The van der Waals surface area contributed by atoms with Gasteiger partial charge in [0.05, 0.1) is 12.9 Å². The fourth-order valence-electron chi connectivity index (χ4n) is 2.97. The van der Waals surface area contributed by atoms with Crippen LogP contribution in [0.1, 0.15) is 19.1 Å². The molecule has 0 radical (unpaired) electrons. The fraction of sp³-hybridized carbons (Fsp3) is 0.600. The van der Waals surface area contributed by atoms with Crippen LogP contribution in [-0.4, -0.2) is 78.8 Å². The zero-order valence-electron chi connectivity index (χ0n) is 15.0. The Morgan fingerprint density at radius 1 is 1.36 bits per heavy atom. The topological polar surface area (TPSA) is 193 Å². The molecule has 12 nitrogen and oxygen atoms in total. The fourth-order valence-corrected chi connectivity index (χ4v) is 3.21. The molecule has 4 atom stereocenters. The van der Waals surface area contributed by atoms with E-state index < -0.39 is 31.1 Å². The zero-order valence-corrected chi connectivity index (χ0v) is 15.8. The van der Waals surface area contributed by atoms with Gasteiger partial charge in [0.25, 0.3) is 0 Å². The minimum absolute atomic E-state index is 0.0716. The number of guanidine groups is 1. The maximum absolute atomic E-state index is 10.3. The van der Waals surface area contributed by atoms with E-state index in [1.807, 2.05) is 0 Å². The predicted octanol–water partition coefficient (Wildman–Crippen LogP) is -1.43. The number of hydrogen-bond acceptors (Lipinski definition) is 9. The summed E-state index contributed by atoms with van der Waals surface area (Å²) >= 11 is 5.29. The molecule has 28 heavy (non-hydrogen) atoms. The number of aliphatic hydroxyl groups excluding tert-OH is 3. The summed E-state index contributed by atoms with van der Waals surface area (Å²) in [6.45, 7) is 0.752. The van der Waals surface area contributed by atoms with Crippen LogP contribution in [-0.2, 0) is 4.74 Å². The van der Waals surface area contributed by atoms with E-state index in [4.69, 9.17) is 28.4 Å². The van der Waals surface area contributed by atoms with Gasteiger partial charge in [0, 0.05) is 13.1 Å². The highest BCUT2D eigenvalue weighted by Crippen LogP contribution is 2.31. The summed E-state index contributed by atoms with van der Waals surface area (Å²) in [5.74, 6) is 0.509. The van der Waals surface area contributed by atoms with Gasteiger partial charge in [0.2, 0.25) is 5.95 Å². The molecular weight excluding hydrogens is 388 g/mol. The third-order valence-electron chi connectivity index (χ3n) is 4.41. The Balaban J connectivity index is 1.74. The van der Waals surface area contributed by atoms with Crippen LogP contribution in [0.25, 0.3) is 11.2 Å². The summed E-state index contributed by atoms with van der Waals surface area (Å²) in [5.41, 5.74) is 11.5. The van der Waals surface area contributed by atoms with Crippen LogP contribution >= 0.6 is 12.2 Å². The Bertz CT molecular complexity index is 896. The second kappa shape index (κ2) is 8.79. The highest BCUT2D eigenvalue weighted by molar-refractivity contribution is 7.71. The summed E-state index contributed by atoms with van der Waals surface area (Å²) in [6, 6.07) is 0. The number of fused-ring (bicyclic) bond motifs is 1. The molecule has 1 unspecified atom stereocenters. The zero-order chi connectivity index (χ0) is 20.3. The van der Waals surface area contributed by atoms with E-state index >= 15 is 0 Å². The number of nitrogens with two attached hydrogens (primary N) is 2. The average molecular weight is 412 g/mol. The van der Waals surface area contributed by atoms with Crippen molar-refractivity contribution in [2.45, 2.75) is 37.4 Å². The largest absolute Gasteiger partial charge is 0.394 e. The number of aromatic amines is 1. The molecule has 3 heterocycles. The first kappa shape index (κ1) is 20.4. The summed E-state index contributed by atoms with van der Waals surface area (Å²) in [4.78, 5) is 15.5. The van der Waals surface area contributed by atoms with Crippen molar-refractivity contribution in [2.75, 3.05) is 25.0 Å². The number of ether oxygens (including phenoxy) is 1. The maximum atomic E-state index is 10.3. The average Bonchev–Trinajstić information content (AvgIpc) is 3.20. The molecule has 154 valence electrons. The summed E-state index contributed by atoms with van der Waals surface area (Å²) in [5, 5.41) is 32.6. The molecule has 2 aromatic rings. The molecule has 0 aromatic carbocycles. The van der Waals surface area contributed by atoms with Gasteiger partial charge >= 0.3 is 0 Å². The summed E-state index contributed by atoms with van der Waals surface area (Å²) in [6.07, 6.45) is -1.18. The van der Waals surface area contributed by atoms with Gasteiger partial charge in [-0.2, -0.15) is 0 Å². The van der Waals surface area contributed by atoms with Crippen molar-refractivity contribution in [2.24, 2.45) is 16.5 Å². The minimum atomic E-state index is -1.23. The number of H-pyrrole nitrogens is 1. The lowest BCUT2D eigenvalue weighted by Gasteiger charge is -2.17. The minimum Gasteiger partial charge on any atom is -0.394 e. The van der Waals surface area contributed by atoms with Crippen molar-refractivity contribution in [1.29, 1.82) is 0 Å². The van der Waals surface area contributed by atoms with Crippen molar-refractivity contribution in [3.05, 3.63) is 11.0 Å². The Labute approximate surface area is 165 Å². The van der Waals surface area contributed by atoms with Gasteiger partial charge < -0.3 is 41.8 Å². The van der Waals surface area contributed by atoms with Gasteiger partial charge in [0.15, 0.2) is 16.8 Å². The molecule has 2 aromatic heterocycles. The van der Waals surface area contributed by atoms with Crippen LogP contribution in [0.4, 0.5) is 5.95 Å². The first-order chi connectivity index (χ1) is 13.4. The van der Waals surface area contributed by atoms with Gasteiger partial charge in [0.1, 0.15) is 29.5 Å². The predicted molar refractivity (Wildman–Crippen MR) is 104 cm³/mol. The van der Waals surface area contributed by atoms with Crippen LogP contribution in [0.2, 0.25) is 0 Å². The monoisotopic (exact) mass is 412 g/mol. The molecule has 1 aliphatic heterocycles. The number of aliphatic imine (C=N–C) groups is 1. The molecule has 3 rings (SSSR count). The molecule has 0 spiro atoms. The number of aromatic nitrogens is 4. The van der Waals surface area contributed by atoms with Crippen LogP contribution in [0, 0.1) is 4.64 Å². The van der Waals surface area contributed by atoms with Crippen molar-refractivity contribution in [3.63, 3.8) is 0 Å². The molecule has 0 bridgehead atoms. The van der Waals surface area contributed by atoms with E-state index in [1.54, 1.807) is 0 Å². The van der Waals surface area contributed by atoms with Gasteiger partial charge in [-0.15, -0.1) is 0 Å². The van der Waals surface area contributed by atoms with Crippen LogP contribution < -0.4 is 16.8 Å². The highest BCUT2D eigenvalue weighted by Gasteiger charge is 2.43. The Hall–Kier alpha value is -2.32. The van der Waals surface area contributed by atoms with E-state index in [0.717, 1.165) is 12.8 Å². The summed E-state index contributed by atoms with van der Waals surface area (Å²) in [7, 11) is 0. The number of nitrogens with zero attached hydrogens (tertiary/aromatic N) is 4. The van der Waals surface area contributed by atoms with E-state index in [-0.39, 0.29) is 10.6 Å². The van der Waals surface area contributed by atoms with E-state index in [9.17, 15) is 15.3 Å². The Morgan fingerprint density at radius 2 is 2.14 bits per heavy atom. The summed E-state index contributed by atoms with van der Waals surface area (Å²) < 4.78 is 7.37. The molecule has 9 N–H and O–H groups in total. The molecule has 0 aliphatic carbocycles. The standard InChI is InChI=1S/C15H24N8O4S/c16-14(17)18-3-1-2-4-19-15-21-11-8(12(28)22-15)20-6-23(11)13-10(26)9(25)7(5-24)27-13/h6-7,9-10,13,24-26H,1-5H2,(H4,16,17,18)(H2,19,21,22,28)/t7-,9?,10+,13-/m1/s1. The Morgan fingerprint density at radius 3 is 2.82 bits per heavy atom. The molecule has 0 amide bonds. The second-order valence-corrected chi connectivity index (χ2v) is 6.80. The lowest BCUT2D eigenvalue weighted by molar-refractivity contribution is -0.0511. The van der Waals surface area contributed by atoms with E-state index in [0.29, 0.717) is 30.2 Å². The normalized spacial score (nSPS) is 24.5. The number of hydrogen-bond donors (Lipinski definition) is 7. The molecule has 0 saturated carbocycles. The Kier molecular flexibility index (Phi) is 6.41. The van der Waals surface area contributed by atoms with Gasteiger partial charge in [-0.25, -0.2) is 9.97 Å². The third kappa shape index (κ3) is 4.23. The lowest BCUT2D eigenvalue weighted by Crippen LogP contribution is -2.33. The van der Waals surface area contributed by atoms with Gasteiger partial charge in [-0.3, -0.25) is 9.56 Å². The SMILES string of the molecule is NC(N)=NCCCCNc1nc(=S)c2ncn([C@@H]3O[C@H](CO)C(O)[C@@H]3O)c2[nH]1. The van der Waals surface area contributed by atoms with Crippen LogP contribution in [0.15, 0.2) is 11.3 Å². The van der Waals surface area contributed by atoms with E-state index in [2.05, 4.69) is 25.3 Å². The van der Waals surface area contributed by atoms with Crippen LogP contribution in [0.3, 0.4) is 0 Å². The smallest absolute Gasteiger partial charge is 0.203 e. The van der Waals surface area contributed by atoms with Crippen molar-refractivity contribution < 1.29 is 20.1 Å². The number of aliphatic hydroxyl groups is 3. The highest BCUT2D eigenvalue weighted by atomic mass is 32.1. The first-order valence-electron chi connectivity index (χ1n) is 8.81. The van der Waals surface area contributed by atoms with Crippen molar-refractivity contribution in [1.82, 2.24) is 19.5 Å². The molecular formula is C15H24N8O4S. The van der Waals surface area contributed by atoms with E-state index in [1.165, 1.54) is 10.9 Å². The first-order valence-corrected chi connectivity index (χ1v) is 9.21. The third-order valence-corrected chi connectivity index (χ3v) is 4.69. The number of nitrogens with one attached hydrogen (secondary N) is 2. The van der Waals surface area contributed by atoms with Gasteiger partial charge in [-0.05, 0) is 12.8 Å². The maximum Gasteiger partial charge on any atom is 0.203 e. The van der Waals surface area contributed by atoms with Crippen molar-refractivity contribution in [3.8, 4) is 0 Å². The van der Waals surface area contributed by atoms with Gasteiger partial charge in [-0.1, -0.05) is 12.2 Å².